The average Bonchev–Trinajstić information content (AvgIpc) is 3.26. The predicted octanol–water partition coefficient (Wildman–Crippen LogP) is 2.66. The zero-order valence-corrected chi connectivity index (χ0v) is 14.7. The van der Waals surface area contributed by atoms with Crippen LogP contribution >= 0.6 is 23.2 Å². The first kappa shape index (κ1) is 16.6. The van der Waals surface area contributed by atoms with Gasteiger partial charge in [-0.1, -0.05) is 23.2 Å². The second-order valence-electron chi connectivity index (χ2n) is 6.11. The third-order valence-corrected chi connectivity index (χ3v) is 5.31. The molecule has 0 aliphatic carbocycles. The summed E-state index contributed by atoms with van der Waals surface area (Å²) in [5.41, 5.74) is 1.43. The van der Waals surface area contributed by atoms with Crippen molar-refractivity contribution in [1.82, 2.24) is 14.5 Å². The van der Waals surface area contributed by atoms with Gasteiger partial charge in [-0.25, -0.2) is 9.97 Å². The second kappa shape index (κ2) is 6.46. The molecule has 1 aliphatic rings. The number of aliphatic hydroxyl groups excluding tert-OH is 2. The van der Waals surface area contributed by atoms with Crippen molar-refractivity contribution in [2.75, 3.05) is 18.1 Å². The van der Waals surface area contributed by atoms with Crippen LogP contribution in [-0.2, 0) is 0 Å². The largest absolute Gasteiger partial charge is 0.394 e. The van der Waals surface area contributed by atoms with E-state index in [-0.39, 0.29) is 12.6 Å². The van der Waals surface area contributed by atoms with E-state index in [2.05, 4.69) is 9.97 Å². The Hall–Kier alpha value is -1.86. The molecule has 4 rings (SSSR count). The number of nitrogens with zero attached hydrogens (tertiary/aromatic N) is 4. The second-order valence-corrected chi connectivity index (χ2v) is 6.89. The summed E-state index contributed by atoms with van der Waals surface area (Å²) in [5.74, 6) is 0.635. The van der Waals surface area contributed by atoms with E-state index in [4.69, 9.17) is 23.2 Å². The lowest BCUT2D eigenvalue weighted by Gasteiger charge is -2.25. The predicted molar refractivity (Wildman–Crippen MR) is 97.7 cm³/mol. The Morgan fingerprint density at radius 3 is 2.84 bits per heavy atom. The van der Waals surface area contributed by atoms with Crippen molar-refractivity contribution in [3.8, 4) is 5.69 Å². The van der Waals surface area contributed by atoms with E-state index in [0.717, 1.165) is 11.1 Å². The minimum Gasteiger partial charge on any atom is -0.394 e. The fraction of sp³-hybridized carbons (Fsp3) is 0.294. The quantitative estimate of drug-likeness (QED) is 0.732. The van der Waals surface area contributed by atoms with Gasteiger partial charge in [0.2, 0.25) is 0 Å². The van der Waals surface area contributed by atoms with Gasteiger partial charge in [-0.2, -0.15) is 0 Å². The van der Waals surface area contributed by atoms with Gasteiger partial charge < -0.3 is 19.7 Å². The Bertz CT molecular complexity index is 917. The molecule has 2 N–H and O–H groups in total. The van der Waals surface area contributed by atoms with Crippen LogP contribution in [0, 0.1) is 0 Å². The molecule has 130 valence electrons. The molecule has 1 fully saturated rings. The van der Waals surface area contributed by atoms with Crippen LogP contribution in [-0.4, -0.2) is 50.0 Å². The third-order valence-electron chi connectivity index (χ3n) is 4.52. The molecule has 8 heteroatoms. The molecule has 0 spiro atoms. The molecular formula is C17H16Cl2N4O2. The highest BCUT2D eigenvalue weighted by Crippen LogP contribution is 2.36. The fourth-order valence-electron chi connectivity index (χ4n) is 3.31. The normalized spacial score (nSPS) is 20.6. The van der Waals surface area contributed by atoms with Crippen LogP contribution < -0.4 is 4.90 Å². The molecule has 0 bridgehead atoms. The molecule has 0 radical (unpaired) electrons. The van der Waals surface area contributed by atoms with Gasteiger partial charge >= 0.3 is 0 Å². The molecule has 0 amide bonds. The van der Waals surface area contributed by atoms with Gasteiger partial charge in [0.15, 0.2) is 0 Å². The van der Waals surface area contributed by atoms with Crippen LogP contribution in [0.4, 0.5) is 5.82 Å². The van der Waals surface area contributed by atoms with E-state index in [1.807, 2.05) is 27.8 Å². The highest BCUT2D eigenvalue weighted by atomic mass is 35.5. The summed E-state index contributed by atoms with van der Waals surface area (Å²) in [6.07, 6.45) is 5.23. The summed E-state index contributed by atoms with van der Waals surface area (Å²) < 4.78 is 1.87. The topological polar surface area (TPSA) is 74.4 Å². The zero-order valence-electron chi connectivity index (χ0n) is 13.2. The maximum Gasteiger partial charge on any atom is 0.131 e. The Kier molecular flexibility index (Phi) is 4.29. The van der Waals surface area contributed by atoms with Crippen LogP contribution in [0.3, 0.4) is 0 Å². The maximum atomic E-state index is 9.98. The lowest BCUT2D eigenvalue weighted by atomic mass is 10.1. The van der Waals surface area contributed by atoms with Gasteiger partial charge in [-0.3, -0.25) is 0 Å². The third kappa shape index (κ3) is 2.85. The number of anilines is 1. The summed E-state index contributed by atoms with van der Waals surface area (Å²) in [4.78, 5) is 10.7. The molecule has 1 saturated heterocycles. The van der Waals surface area contributed by atoms with E-state index in [1.165, 1.54) is 0 Å². The van der Waals surface area contributed by atoms with Crippen LogP contribution in [0.1, 0.15) is 6.42 Å². The van der Waals surface area contributed by atoms with Gasteiger partial charge in [0.25, 0.3) is 0 Å². The first-order chi connectivity index (χ1) is 12.1. The molecule has 1 aliphatic heterocycles. The molecule has 2 aromatic heterocycles. The van der Waals surface area contributed by atoms with Crippen LogP contribution in [0.5, 0.6) is 0 Å². The van der Waals surface area contributed by atoms with Gasteiger partial charge in [-0.15, -0.1) is 0 Å². The van der Waals surface area contributed by atoms with E-state index in [0.29, 0.717) is 34.3 Å². The lowest BCUT2D eigenvalue weighted by Crippen LogP contribution is -2.33. The minimum absolute atomic E-state index is 0.0551. The van der Waals surface area contributed by atoms with Crippen LogP contribution in [0.15, 0.2) is 36.9 Å². The number of pyridine rings is 1. The first-order valence-electron chi connectivity index (χ1n) is 7.91. The van der Waals surface area contributed by atoms with Gasteiger partial charge in [0.05, 0.1) is 46.3 Å². The Morgan fingerprint density at radius 1 is 1.28 bits per heavy atom. The molecule has 2 atom stereocenters. The van der Waals surface area contributed by atoms with Crippen molar-refractivity contribution in [3.63, 3.8) is 0 Å². The average molecular weight is 379 g/mol. The molecule has 1 aromatic carbocycles. The number of hydrogen-bond donors (Lipinski definition) is 2. The van der Waals surface area contributed by atoms with Crippen molar-refractivity contribution in [1.29, 1.82) is 0 Å². The number of hydrogen-bond acceptors (Lipinski definition) is 5. The van der Waals surface area contributed by atoms with Gasteiger partial charge in [-0.05, 0) is 18.6 Å². The summed E-state index contributed by atoms with van der Waals surface area (Å²) in [6, 6.07) is 5.34. The summed E-state index contributed by atoms with van der Waals surface area (Å²) in [5, 5.41) is 21.3. The number of benzene rings is 1. The molecular weight excluding hydrogens is 363 g/mol. The highest BCUT2D eigenvalue weighted by molar-refractivity contribution is 6.45. The molecule has 3 heterocycles. The number of rotatable bonds is 3. The number of fused-ring (bicyclic) bond motifs is 1. The molecule has 0 saturated carbocycles. The fourth-order valence-corrected chi connectivity index (χ4v) is 3.67. The standard InChI is InChI=1S/C17H16Cl2N4O2/c18-13-2-1-12-14(22-4-3-20-9-22)6-15(21-17(12)16(13)19)23-7-11(25)5-10(23)8-24/h1-4,6,9-11,24-25H,5,7-8H2/t10-,11+/m0/s1. The van der Waals surface area contributed by atoms with E-state index in [1.54, 1.807) is 18.6 Å². The smallest absolute Gasteiger partial charge is 0.131 e. The van der Waals surface area contributed by atoms with Crippen molar-refractivity contribution >= 4 is 39.9 Å². The lowest BCUT2D eigenvalue weighted by molar-refractivity contribution is 0.184. The Balaban J connectivity index is 1.95. The first-order valence-corrected chi connectivity index (χ1v) is 8.66. The summed E-state index contributed by atoms with van der Waals surface area (Å²) in [7, 11) is 0. The number of aliphatic hydroxyl groups is 2. The maximum absolute atomic E-state index is 9.98. The molecule has 25 heavy (non-hydrogen) atoms. The van der Waals surface area contributed by atoms with Crippen molar-refractivity contribution in [3.05, 3.63) is 47.0 Å². The van der Waals surface area contributed by atoms with E-state index >= 15 is 0 Å². The van der Waals surface area contributed by atoms with Crippen LogP contribution in [0.2, 0.25) is 10.0 Å². The highest BCUT2D eigenvalue weighted by Gasteiger charge is 2.32. The van der Waals surface area contributed by atoms with Gasteiger partial charge in [0.1, 0.15) is 5.82 Å². The van der Waals surface area contributed by atoms with Crippen LogP contribution in [0.25, 0.3) is 16.6 Å². The summed E-state index contributed by atoms with van der Waals surface area (Å²) >= 11 is 12.6. The monoisotopic (exact) mass is 378 g/mol. The zero-order chi connectivity index (χ0) is 17.6. The van der Waals surface area contributed by atoms with Gasteiger partial charge in [0, 0.05) is 30.4 Å². The number of β-amino-alcohol motifs (C(OH)–C–C–N with tert-alkyl or cyclic N) is 1. The molecule has 0 unspecified atom stereocenters. The number of aromatic nitrogens is 3. The number of halogens is 2. The van der Waals surface area contributed by atoms with Crippen molar-refractivity contribution in [2.24, 2.45) is 0 Å². The van der Waals surface area contributed by atoms with E-state index in [9.17, 15) is 10.2 Å². The van der Waals surface area contributed by atoms with E-state index < -0.39 is 6.10 Å². The molecule has 3 aromatic rings. The summed E-state index contributed by atoms with van der Waals surface area (Å²) in [6.45, 7) is 0.353. The Morgan fingerprint density at radius 2 is 2.12 bits per heavy atom. The SMILES string of the molecule is OC[C@@H]1C[C@@H](O)CN1c1cc(-n2ccnc2)c2ccc(Cl)c(Cl)c2n1. The Labute approximate surface area is 154 Å². The molecule has 6 nitrogen and oxygen atoms in total. The number of imidazole rings is 1. The van der Waals surface area contributed by atoms with Crippen molar-refractivity contribution < 1.29 is 10.2 Å². The van der Waals surface area contributed by atoms with Crippen molar-refractivity contribution in [2.45, 2.75) is 18.6 Å². The minimum atomic E-state index is -0.499.